The maximum Gasteiger partial charge on any atom is 0.157 e. The van der Waals surface area contributed by atoms with Gasteiger partial charge in [-0.25, -0.2) is 0 Å². The third-order valence-corrected chi connectivity index (χ3v) is 3.16. The van der Waals surface area contributed by atoms with Gasteiger partial charge in [0.15, 0.2) is 5.75 Å². The number of nitrogens with zero attached hydrogens (tertiary/aromatic N) is 2. The monoisotopic (exact) mass is 324 g/mol. The summed E-state index contributed by atoms with van der Waals surface area (Å²) < 4.78 is 13.6. The van der Waals surface area contributed by atoms with Gasteiger partial charge in [-0.1, -0.05) is 6.07 Å². The second-order valence-corrected chi connectivity index (χ2v) is 5.36. The fraction of sp³-hybridized carbons (Fsp3) is 0.357. The summed E-state index contributed by atoms with van der Waals surface area (Å²) in [5.41, 5.74) is 1.15. The molecule has 0 saturated heterocycles. The highest BCUT2D eigenvalue weighted by molar-refractivity contribution is 9.10. The fourth-order valence-electron chi connectivity index (χ4n) is 1.76. The minimum absolute atomic E-state index is 0.160. The molecule has 1 heterocycles. The summed E-state index contributed by atoms with van der Waals surface area (Å²) in [6.07, 6.45) is 3.80. The molecule has 4 nitrogen and oxygen atoms in total. The Kier molecular flexibility index (Phi) is 4.47. The van der Waals surface area contributed by atoms with Gasteiger partial charge in [-0.3, -0.25) is 4.68 Å². The molecule has 19 heavy (non-hydrogen) atoms. The lowest BCUT2D eigenvalue weighted by Gasteiger charge is -2.07. The van der Waals surface area contributed by atoms with E-state index in [1.807, 2.05) is 42.9 Å². The number of rotatable bonds is 5. The van der Waals surface area contributed by atoms with E-state index in [2.05, 4.69) is 21.0 Å². The largest absolute Gasteiger partial charge is 0.496 e. The van der Waals surface area contributed by atoms with Crippen molar-refractivity contribution < 1.29 is 9.47 Å². The van der Waals surface area contributed by atoms with E-state index in [9.17, 15) is 0 Å². The third-order valence-electron chi connectivity index (χ3n) is 2.54. The second-order valence-electron chi connectivity index (χ2n) is 4.51. The van der Waals surface area contributed by atoms with Crippen molar-refractivity contribution in [3.63, 3.8) is 0 Å². The van der Waals surface area contributed by atoms with Crippen LogP contribution in [0.2, 0.25) is 0 Å². The Balaban J connectivity index is 2.08. The summed E-state index contributed by atoms with van der Waals surface area (Å²) in [7, 11) is 1.66. The van der Waals surface area contributed by atoms with Crippen LogP contribution in [0.4, 0.5) is 0 Å². The number of hydrogen-bond acceptors (Lipinski definition) is 3. The predicted molar refractivity (Wildman–Crippen MR) is 77.8 cm³/mol. The van der Waals surface area contributed by atoms with Crippen molar-refractivity contribution in [3.05, 3.63) is 40.6 Å². The summed E-state index contributed by atoms with van der Waals surface area (Å²) >= 11 is 3.48. The normalized spacial score (nSPS) is 10.8. The van der Waals surface area contributed by atoms with Gasteiger partial charge in [-0.05, 0) is 47.5 Å². The van der Waals surface area contributed by atoms with Gasteiger partial charge in [-0.15, -0.1) is 0 Å². The Labute approximate surface area is 121 Å². The third kappa shape index (κ3) is 3.73. The molecule has 2 rings (SSSR count). The van der Waals surface area contributed by atoms with Crippen LogP contribution < -0.4 is 9.47 Å². The highest BCUT2D eigenvalue weighted by Gasteiger charge is 2.05. The van der Waals surface area contributed by atoms with Crippen LogP contribution >= 0.6 is 15.9 Å². The smallest absolute Gasteiger partial charge is 0.157 e. The fourth-order valence-corrected chi connectivity index (χ4v) is 2.35. The molecule has 0 aliphatic heterocycles. The van der Waals surface area contributed by atoms with E-state index in [1.54, 1.807) is 13.3 Å². The number of hydrogen-bond donors (Lipinski definition) is 0. The molecule has 0 fully saturated rings. The van der Waals surface area contributed by atoms with Gasteiger partial charge in [0.1, 0.15) is 5.75 Å². The number of benzene rings is 1. The summed E-state index contributed by atoms with van der Waals surface area (Å²) in [6.45, 7) is 4.69. The SMILES string of the molecule is COc1ccc(Cn2cc(OC(C)C)cn2)cc1Br. The topological polar surface area (TPSA) is 36.3 Å². The van der Waals surface area contributed by atoms with Crippen LogP contribution in [0.3, 0.4) is 0 Å². The minimum atomic E-state index is 0.160. The Morgan fingerprint density at radius 1 is 1.37 bits per heavy atom. The van der Waals surface area contributed by atoms with Crippen molar-refractivity contribution in [2.75, 3.05) is 7.11 Å². The molecule has 0 bridgehead atoms. The molecular weight excluding hydrogens is 308 g/mol. The average Bonchev–Trinajstić information content (AvgIpc) is 2.76. The summed E-state index contributed by atoms with van der Waals surface area (Å²) in [5.74, 6) is 1.62. The maximum atomic E-state index is 5.58. The van der Waals surface area contributed by atoms with E-state index < -0.39 is 0 Å². The van der Waals surface area contributed by atoms with E-state index in [-0.39, 0.29) is 6.10 Å². The highest BCUT2D eigenvalue weighted by Crippen LogP contribution is 2.26. The van der Waals surface area contributed by atoms with Gasteiger partial charge >= 0.3 is 0 Å². The second kappa shape index (κ2) is 6.10. The van der Waals surface area contributed by atoms with Crippen molar-refractivity contribution in [1.29, 1.82) is 0 Å². The Morgan fingerprint density at radius 3 is 2.79 bits per heavy atom. The van der Waals surface area contributed by atoms with Crippen LogP contribution in [-0.4, -0.2) is 23.0 Å². The van der Waals surface area contributed by atoms with E-state index in [1.165, 1.54) is 0 Å². The summed E-state index contributed by atoms with van der Waals surface area (Å²) in [6, 6.07) is 5.99. The summed E-state index contributed by atoms with van der Waals surface area (Å²) in [5, 5.41) is 4.28. The molecule has 0 spiro atoms. The quantitative estimate of drug-likeness (QED) is 0.844. The molecule has 0 aliphatic rings. The van der Waals surface area contributed by atoms with Crippen LogP contribution in [0.15, 0.2) is 35.1 Å². The lowest BCUT2D eigenvalue weighted by molar-refractivity contribution is 0.242. The molecule has 1 aromatic carbocycles. The zero-order valence-electron chi connectivity index (χ0n) is 11.3. The van der Waals surface area contributed by atoms with Crippen LogP contribution in [0.5, 0.6) is 11.5 Å². The molecule has 1 aromatic heterocycles. The minimum Gasteiger partial charge on any atom is -0.496 e. The molecule has 0 radical (unpaired) electrons. The van der Waals surface area contributed by atoms with Gasteiger partial charge in [0, 0.05) is 0 Å². The first-order chi connectivity index (χ1) is 9.08. The average molecular weight is 325 g/mol. The lowest BCUT2D eigenvalue weighted by atomic mass is 10.2. The van der Waals surface area contributed by atoms with Gasteiger partial charge in [-0.2, -0.15) is 5.10 Å². The number of ether oxygens (including phenoxy) is 2. The van der Waals surface area contributed by atoms with Gasteiger partial charge < -0.3 is 9.47 Å². The first kappa shape index (κ1) is 13.9. The Bertz CT molecular complexity index is 552. The lowest BCUT2D eigenvalue weighted by Crippen LogP contribution is -2.05. The van der Waals surface area contributed by atoms with E-state index in [0.29, 0.717) is 6.54 Å². The molecule has 0 saturated carbocycles. The number of halogens is 1. The zero-order valence-corrected chi connectivity index (χ0v) is 12.8. The maximum absolute atomic E-state index is 5.58. The van der Waals surface area contributed by atoms with E-state index in [0.717, 1.165) is 21.5 Å². The molecule has 2 aromatic rings. The molecule has 102 valence electrons. The van der Waals surface area contributed by atoms with Crippen molar-refractivity contribution in [1.82, 2.24) is 9.78 Å². The van der Waals surface area contributed by atoms with Crippen LogP contribution in [0.1, 0.15) is 19.4 Å². The van der Waals surface area contributed by atoms with E-state index >= 15 is 0 Å². The van der Waals surface area contributed by atoms with Crippen LogP contribution in [0.25, 0.3) is 0 Å². The standard InChI is InChI=1S/C14H17BrN2O2/c1-10(2)19-12-7-16-17(9-12)8-11-4-5-14(18-3)13(15)6-11/h4-7,9-10H,8H2,1-3H3. The highest BCUT2D eigenvalue weighted by atomic mass is 79.9. The van der Waals surface area contributed by atoms with Crippen LogP contribution in [-0.2, 0) is 6.54 Å². The van der Waals surface area contributed by atoms with Gasteiger partial charge in [0.25, 0.3) is 0 Å². The Hall–Kier alpha value is -1.49. The van der Waals surface area contributed by atoms with Crippen molar-refractivity contribution in [3.8, 4) is 11.5 Å². The molecular formula is C14H17BrN2O2. The first-order valence-corrected chi connectivity index (χ1v) is 6.89. The summed E-state index contributed by atoms with van der Waals surface area (Å²) in [4.78, 5) is 0. The number of methoxy groups -OCH3 is 1. The first-order valence-electron chi connectivity index (χ1n) is 6.10. The zero-order chi connectivity index (χ0) is 13.8. The Morgan fingerprint density at radius 2 is 2.16 bits per heavy atom. The van der Waals surface area contributed by atoms with Crippen molar-refractivity contribution >= 4 is 15.9 Å². The molecule has 0 atom stereocenters. The molecule has 0 aliphatic carbocycles. The molecule has 0 unspecified atom stereocenters. The van der Waals surface area contributed by atoms with Gasteiger partial charge in [0.2, 0.25) is 0 Å². The molecule has 0 amide bonds. The molecule has 0 N–H and O–H groups in total. The predicted octanol–water partition coefficient (Wildman–Crippen LogP) is 3.49. The van der Waals surface area contributed by atoms with E-state index in [4.69, 9.17) is 9.47 Å². The van der Waals surface area contributed by atoms with Crippen molar-refractivity contribution in [2.24, 2.45) is 0 Å². The van der Waals surface area contributed by atoms with Crippen LogP contribution in [0, 0.1) is 0 Å². The molecule has 5 heteroatoms. The van der Waals surface area contributed by atoms with Gasteiger partial charge in [0.05, 0.1) is 36.6 Å². The number of aromatic nitrogens is 2. The van der Waals surface area contributed by atoms with Crippen molar-refractivity contribution in [2.45, 2.75) is 26.5 Å².